The Hall–Kier alpha value is -1.26. The van der Waals surface area contributed by atoms with Gasteiger partial charge in [-0.05, 0) is 35.0 Å². The van der Waals surface area contributed by atoms with E-state index in [4.69, 9.17) is 5.73 Å². The van der Waals surface area contributed by atoms with Crippen molar-refractivity contribution < 1.29 is 8.78 Å². The Morgan fingerprint density at radius 1 is 1.11 bits per heavy atom. The van der Waals surface area contributed by atoms with Gasteiger partial charge >= 0.3 is 0 Å². The SMILES string of the molecule is Cc1ccc(F)c(C(N)c2cccc(Br)c2F)c1. The third-order valence-corrected chi connectivity index (χ3v) is 3.42. The molecule has 2 aromatic carbocycles. The Balaban J connectivity index is 2.51. The van der Waals surface area contributed by atoms with E-state index >= 15 is 0 Å². The Labute approximate surface area is 113 Å². The van der Waals surface area contributed by atoms with Crippen molar-refractivity contribution in [1.29, 1.82) is 0 Å². The van der Waals surface area contributed by atoms with Crippen LogP contribution < -0.4 is 5.73 Å². The van der Waals surface area contributed by atoms with Gasteiger partial charge in [0.1, 0.15) is 11.6 Å². The Kier molecular flexibility index (Phi) is 3.78. The summed E-state index contributed by atoms with van der Waals surface area (Å²) in [4.78, 5) is 0. The number of halogens is 3. The third-order valence-electron chi connectivity index (χ3n) is 2.80. The van der Waals surface area contributed by atoms with Gasteiger partial charge in [-0.1, -0.05) is 29.8 Å². The van der Waals surface area contributed by atoms with Crippen molar-refractivity contribution >= 4 is 15.9 Å². The molecular weight excluding hydrogens is 300 g/mol. The van der Waals surface area contributed by atoms with E-state index in [2.05, 4.69) is 15.9 Å². The molecule has 1 nitrogen and oxygen atoms in total. The molecule has 1 atom stereocenters. The first-order valence-electron chi connectivity index (χ1n) is 5.46. The van der Waals surface area contributed by atoms with E-state index in [1.807, 2.05) is 6.92 Å². The fourth-order valence-corrected chi connectivity index (χ4v) is 2.21. The van der Waals surface area contributed by atoms with E-state index in [1.54, 1.807) is 30.3 Å². The van der Waals surface area contributed by atoms with Gasteiger partial charge in [0.15, 0.2) is 0 Å². The van der Waals surface area contributed by atoms with Gasteiger partial charge in [0.05, 0.1) is 10.5 Å². The minimum atomic E-state index is -0.817. The fourth-order valence-electron chi connectivity index (χ4n) is 1.83. The second-order valence-corrected chi connectivity index (χ2v) is 5.00. The van der Waals surface area contributed by atoms with Gasteiger partial charge in [-0.25, -0.2) is 8.78 Å². The molecule has 0 saturated carbocycles. The molecule has 0 fully saturated rings. The molecule has 0 aliphatic rings. The van der Waals surface area contributed by atoms with Gasteiger partial charge in [0.2, 0.25) is 0 Å². The van der Waals surface area contributed by atoms with Gasteiger partial charge in [-0.3, -0.25) is 0 Å². The van der Waals surface area contributed by atoms with Crippen LogP contribution in [0.1, 0.15) is 22.7 Å². The summed E-state index contributed by atoms with van der Waals surface area (Å²) in [5, 5.41) is 0. The van der Waals surface area contributed by atoms with Crippen molar-refractivity contribution in [2.24, 2.45) is 5.73 Å². The smallest absolute Gasteiger partial charge is 0.142 e. The number of nitrogens with two attached hydrogens (primary N) is 1. The number of hydrogen-bond donors (Lipinski definition) is 1. The number of aryl methyl sites for hydroxylation is 1. The Morgan fingerprint density at radius 2 is 1.83 bits per heavy atom. The van der Waals surface area contributed by atoms with E-state index in [1.165, 1.54) is 6.07 Å². The van der Waals surface area contributed by atoms with Crippen molar-refractivity contribution in [3.63, 3.8) is 0 Å². The summed E-state index contributed by atoms with van der Waals surface area (Å²) < 4.78 is 28.0. The predicted octanol–water partition coefficient (Wildman–Crippen LogP) is 4.08. The lowest BCUT2D eigenvalue weighted by Gasteiger charge is -2.15. The zero-order chi connectivity index (χ0) is 13.3. The molecule has 0 amide bonds. The molecular formula is C14H12BrF2N. The molecule has 0 aromatic heterocycles. The molecule has 0 spiro atoms. The van der Waals surface area contributed by atoms with Crippen LogP contribution in [0.4, 0.5) is 8.78 Å². The number of hydrogen-bond acceptors (Lipinski definition) is 1. The topological polar surface area (TPSA) is 26.0 Å². The molecule has 0 bridgehead atoms. The maximum atomic E-state index is 13.9. The van der Waals surface area contributed by atoms with E-state index < -0.39 is 17.7 Å². The third kappa shape index (κ3) is 2.44. The number of rotatable bonds is 2. The first kappa shape index (κ1) is 13.2. The van der Waals surface area contributed by atoms with Crippen LogP contribution in [0.3, 0.4) is 0 Å². The lowest BCUT2D eigenvalue weighted by atomic mass is 9.97. The monoisotopic (exact) mass is 311 g/mol. The van der Waals surface area contributed by atoms with Gasteiger partial charge in [-0.2, -0.15) is 0 Å². The normalized spacial score (nSPS) is 12.5. The largest absolute Gasteiger partial charge is 0.320 e. The van der Waals surface area contributed by atoms with E-state index in [9.17, 15) is 8.78 Å². The molecule has 0 heterocycles. The standard InChI is InChI=1S/C14H12BrF2N/c1-8-5-6-12(16)10(7-8)14(18)9-3-2-4-11(15)13(9)17/h2-7,14H,18H2,1H3. The van der Waals surface area contributed by atoms with E-state index in [0.717, 1.165) is 5.56 Å². The van der Waals surface area contributed by atoms with Crippen molar-refractivity contribution in [3.05, 3.63) is 69.2 Å². The Morgan fingerprint density at radius 3 is 2.56 bits per heavy atom. The van der Waals surface area contributed by atoms with Crippen LogP contribution >= 0.6 is 15.9 Å². The molecule has 2 rings (SSSR count). The minimum Gasteiger partial charge on any atom is -0.320 e. The maximum absolute atomic E-state index is 13.9. The van der Waals surface area contributed by atoms with Crippen LogP contribution in [0.5, 0.6) is 0 Å². The minimum absolute atomic E-state index is 0.272. The van der Waals surface area contributed by atoms with Gasteiger partial charge in [0.25, 0.3) is 0 Å². The zero-order valence-electron chi connectivity index (χ0n) is 9.75. The van der Waals surface area contributed by atoms with Crippen molar-refractivity contribution in [1.82, 2.24) is 0 Å². The molecule has 94 valence electrons. The van der Waals surface area contributed by atoms with Gasteiger partial charge in [-0.15, -0.1) is 0 Å². The van der Waals surface area contributed by atoms with Crippen LogP contribution in [0.25, 0.3) is 0 Å². The molecule has 2 aromatic rings. The lowest BCUT2D eigenvalue weighted by Crippen LogP contribution is -2.15. The summed E-state index contributed by atoms with van der Waals surface area (Å²) in [6.07, 6.45) is 0. The number of benzene rings is 2. The second kappa shape index (κ2) is 5.16. The van der Waals surface area contributed by atoms with Crippen molar-refractivity contribution in [2.45, 2.75) is 13.0 Å². The first-order chi connectivity index (χ1) is 8.50. The lowest BCUT2D eigenvalue weighted by molar-refractivity contribution is 0.572. The highest BCUT2D eigenvalue weighted by Gasteiger charge is 2.18. The summed E-state index contributed by atoms with van der Waals surface area (Å²) in [6.45, 7) is 1.84. The van der Waals surface area contributed by atoms with Crippen molar-refractivity contribution in [2.75, 3.05) is 0 Å². The molecule has 18 heavy (non-hydrogen) atoms. The average Bonchev–Trinajstić information content (AvgIpc) is 2.35. The summed E-state index contributed by atoms with van der Waals surface area (Å²) in [7, 11) is 0. The predicted molar refractivity (Wildman–Crippen MR) is 71.3 cm³/mol. The molecule has 0 radical (unpaired) electrons. The van der Waals surface area contributed by atoms with Crippen LogP contribution in [-0.4, -0.2) is 0 Å². The molecule has 0 aliphatic carbocycles. The zero-order valence-corrected chi connectivity index (χ0v) is 11.3. The maximum Gasteiger partial charge on any atom is 0.142 e. The molecule has 0 saturated heterocycles. The van der Waals surface area contributed by atoms with Crippen LogP contribution in [0, 0.1) is 18.6 Å². The molecule has 0 aliphatic heterocycles. The van der Waals surface area contributed by atoms with Gasteiger partial charge in [0, 0.05) is 11.1 Å². The van der Waals surface area contributed by atoms with Crippen LogP contribution in [0.15, 0.2) is 40.9 Å². The average molecular weight is 312 g/mol. The molecule has 2 N–H and O–H groups in total. The van der Waals surface area contributed by atoms with Gasteiger partial charge < -0.3 is 5.73 Å². The Bertz CT molecular complexity index is 582. The van der Waals surface area contributed by atoms with Crippen molar-refractivity contribution in [3.8, 4) is 0 Å². The fraction of sp³-hybridized carbons (Fsp3) is 0.143. The second-order valence-electron chi connectivity index (χ2n) is 4.15. The van der Waals surface area contributed by atoms with Crippen LogP contribution in [-0.2, 0) is 0 Å². The highest BCUT2D eigenvalue weighted by Crippen LogP contribution is 2.28. The molecule has 1 unspecified atom stereocenters. The highest BCUT2D eigenvalue weighted by molar-refractivity contribution is 9.10. The summed E-state index contributed by atoms with van der Waals surface area (Å²) in [5.74, 6) is -0.876. The van der Waals surface area contributed by atoms with Crippen LogP contribution in [0.2, 0.25) is 0 Å². The van der Waals surface area contributed by atoms with E-state index in [-0.39, 0.29) is 5.56 Å². The van der Waals surface area contributed by atoms with E-state index in [0.29, 0.717) is 10.0 Å². The quantitative estimate of drug-likeness (QED) is 0.888. The summed E-state index contributed by atoms with van der Waals surface area (Å²) in [5.41, 5.74) is 7.41. The highest BCUT2D eigenvalue weighted by atomic mass is 79.9. The first-order valence-corrected chi connectivity index (χ1v) is 6.25. The molecule has 4 heteroatoms. The summed E-state index contributed by atoms with van der Waals surface area (Å²) in [6, 6.07) is 8.65. The summed E-state index contributed by atoms with van der Waals surface area (Å²) >= 11 is 3.10.